The summed E-state index contributed by atoms with van der Waals surface area (Å²) in [5, 5.41) is 9.42. The van der Waals surface area contributed by atoms with E-state index in [4.69, 9.17) is 18.9 Å². The van der Waals surface area contributed by atoms with Gasteiger partial charge in [0, 0.05) is 22.4 Å². The number of nitrogens with zero attached hydrogens (tertiary/aromatic N) is 2. The number of thiophene rings is 1. The van der Waals surface area contributed by atoms with Crippen LogP contribution in [-0.4, -0.2) is 48.6 Å². The number of methoxy groups -OCH3 is 1. The second kappa shape index (κ2) is 11.8. The zero-order valence-corrected chi connectivity index (χ0v) is 22.2. The molecule has 2 aromatic heterocycles. The molecule has 2 heterocycles. The number of rotatable bonds is 10. The van der Waals surface area contributed by atoms with Crippen molar-refractivity contribution in [1.29, 1.82) is 0 Å². The van der Waals surface area contributed by atoms with Crippen molar-refractivity contribution >= 4 is 39.0 Å². The fraction of sp³-hybridized carbons (Fsp3) is 0.259. The number of benzene rings is 2. The smallest absolute Gasteiger partial charge is 0.359 e. The Kier molecular flexibility index (Phi) is 8.27. The third-order valence-electron chi connectivity index (χ3n) is 5.45. The standard InChI is InChI=1S/C27H27N3O7S/c1-5-35-20-12-11-16(13-21(20)36-6-2)24(31)28-25-22-19(15-38-25)23(27(33)37-7-3)29-30(26(22)32)17-9-8-10-18(14-17)34-4/h8-15H,5-7H2,1-4H3,(H,28,31). The van der Waals surface area contributed by atoms with E-state index in [-0.39, 0.29) is 28.1 Å². The molecule has 0 saturated carbocycles. The first-order valence-corrected chi connectivity index (χ1v) is 12.9. The first-order valence-electron chi connectivity index (χ1n) is 12.0. The number of hydrogen-bond donors (Lipinski definition) is 1. The summed E-state index contributed by atoms with van der Waals surface area (Å²) in [6, 6.07) is 11.6. The Morgan fingerprint density at radius 1 is 1.00 bits per heavy atom. The normalized spacial score (nSPS) is 10.7. The van der Waals surface area contributed by atoms with Gasteiger partial charge in [-0.15, -0.1) is 11.3 Å². The molecule has 11 heteroatoms. The maximum Gasteiger partial charge on any atom is 0.359 e. The minimum Gasteiger partial charge on any atom is -0.497 e. The van der Waals surface area contributed by atoms with Crippen LogP contribution in [0.4, 0.5) is 5.00 Å². The minimum atomic E-state index is -0.683. The van der Waals surface area contributed by atoms with Gasteiger partial charge in [0.15, 0.2) is 17.2 Å². The van der Waals surface area contributed by atoms with E-state index < -0.39 is 17.4 Å². The molecule has 0 atom stereocenters. The van der Waals surface area contributed by atoms with Crippen LogP contribution in [-0.2, 0) is 4.74 Å². The SMILES string of the molecule is CCOC(=O)c1nn(-c2cccc(OC)c2)c(=O)c2c(NC(=O)c3ccc(OCC)c(OCC)c3)scc12. The Morgan fingerprint density at radius 3 is 2.47 bits per heavy atom. The Balaban J connectivity index is 1.81. The largest absolute Gasteiger partial charge is 0.497 e. The molecule has 1 N–H and O–H groups in total. The van der Waals surface area contributed by atoms with Gasteiger partial charge in [-0.25, -0.2) is 4.79 Å². The van der Waals surface area contributed by atoms with Crippen LogP contribution in [0.15, 0.2) is 52.6 Å². The van der Waals surface area contributed by atoms with Gasteiger partial charge in [0.05, 0.1) is 38.0 Å². The van der Waals surface area contributed by atoms with Crippen molar-refractivity contribution in [2.24, 2.45) is 0 Å². The summed E-state index contributed by atoms with van der Waals surface area (Å²) < 4.78 is 22.8. The highest BCUT2D eigenvalue weighted by Gasteiger charge is 2.24. The lowest BCUT2D eigenvalue weighted by molar-refractivity contribution is 0.0520. The number of carbonyl (C=O) groups excluding carboxylic acids is 2. The van der Waals surface area contributed by atoms with E-state index in [2.05, 4.69) is 10.4 Å². The van der Waals surface area contributed by atoms with Crippen LogP contribution in [0.2, 0.25) is 0 Å². The maximum absolute atomic E-state index is 13.6. The fourth-order valence-electron chi connectivity index (χ4n) is 3.78. The Hall–Kier alpha value is -4.38. The number of esters is 1. The Bertz CT molecular complexity index is 1540. The second-order valence-electron chi connectivity index (χ2n) is 7.82. The van der Waals surface area contributed by atoms with E-state index in [9.17, 15) is 14.4 Å². The zero-order chi connectivity index (χ0) is 27.2. The molecule has 0 unspecified atom stereocenters. The topological polar surface area (TPSA) is 118 Å². The molecule has 4 aromatic rings. The van der Waals surface area contributed by atoms with Gasteiger partial charge in [0.25, 0.3) is 11.5 Å². The van der Waals surface area contributed by atoms with Crippen LogP contribution in [0, 0.1) is 0 Å². The molecular formula is C27H27N3O7S. The zero-order valence-electron chi connectivity index (χ0n) is 21.4. The molecule has 0 fully saturated rings. The Labute approximate surface area is 222 Å². The molecule has 0 aliphatic rings. The van der Waals surface area contributed by atoms with Crippen LogP contribution in [0.3, 0.4) is 0 Å². The van der Waals surface area contributed by atoms with Gasteiger partial charge in [-0.2, -0.15) is 9.78 Å². The van der Waals surface area contributed by atoms with E-state index in [1.807, 2.05) is 13.8 Å². The van der Waals surface area contributed by atoms with Crippen molar-refractivity contribution in [1.82, 2.24) is 9.78 Å². The molecule has 1 amide bonds. The number of ether oxygens (including phenoxy) is 4. The third kappa shape index (κ3) is 5.32. The van der Waals surface area contributed by atoms with Crippen LogP contribution >= 0.6 is 11.3 Å². The highest BCUT2D eigenvalue weighted by Crippen LogP contribution is 2.33. The first kappa shape index (κ1) is 26.7. The summed E-state index contributed by atoms with van der Waals surface area (Å²) in [4.78, 5) is 39.6. The monoisotopic (exact) mass is 537 g/mol. The lowest BCUT2D eigenvalue weighted by atomic mass is 10.1. The molecule has 10 nitrogen and oxygen atoms in total. The quantitative estimate of drug-likeness (QED) is 0.290. The summed E-state index contributed by atoms with van der Waals surface area (Å²) in [6.45, 7) is 6.35. The summed E-state index contributed by atoms with van der Waals surface area (Å²) >= 11 is 1.11. The van der Waals surface area contributed by atoms with Gasteiger partial charge in [0.2, 0.25) is 0 Å². The lowest BCUT2D eigenvalue weighted by Crippen LogP contribution is -2.25. The number of hydrogen-bond acceptors (Lipinski definition) is 9. The summed E-state index contributed by atoms with van der Waals surface area (Å²) in [7, 11) is 1.51. The number of fused-ring (bicyclic) bond motifs is 1. The van der Waals surface area contributed by atoms with E-state index in [0.717, 1.165) is 16.0 Å². The molecule has 0 aliphatic heterocycles. The average Bonchev–Trinajstić information content (AvgIpc) is 3.34. The molecule has 0 radical (unpaired) electrons. The van der Waals surface area contributed by atoms with Crippen molar-refractivity contribution in [3.05, 3.63) is 69.5 Å². The van der Waals surface area contributed by atoms with Gasteiger partial charge < -0.3 is 24.3 Å². The minimum absolute atomic E-state index is 0.0410. The number of nitrogens with one attached hydrogen (secondary N) is 1. The van der Waals surface area contributed by atoms with E-state index in [0.29, 0.717) is 41.7 Å². The van der Waals surface area contributed by atoms with Crippen LogP contribution in [0.1, 0.15) is 41.6 Å². The predicted molar refractivity (Wildman–Crippen MR) is 144 cm³/mol. The van der Waals surface area contributed by atoms with Crippen molar-refractivity contribution < 1.29 is 28.5 Å². The third-order valence-corrected chi connectivity index (χ3v) is 6.35. The van der Waals surface area contributed by atoms with Crippen LogP contribution in [0.5, 0.6) is 17.2 Å². The summed E-state index contributed by atoms with van der Waals surface area (Å²) in [5.74, 6) is 0.330. The molecule has 0 bridgehead atoms. The van der Waals surface area contributed by atoms with Crippen molar-refractivity contribution in [2.75, 3.05) is 32.2 Å². The van der Waals surface area contributed by atoms with Gasteiger partial charge in [0.1, 0.15) is 10.8 Å². The number of amides is 1. The molecule has 0 spiro atoms. The molecule has 4 rings (SSSR count). The molecule has 0 aliphatic carbocycles. The molecule has 2 aromatic carbocycles. The van der Waals surface area contributed by atoms with Crippen molar-refractivity contribution in [3.63, 3.8) is 0 Å². The van der Waals surface area contributed by atoms with Gasteiger partial charge in [-0.05, 0) is 51.1 Å². The first-order chi connectivity index (χ1) is 18.4. The molecular weight excluding hydrogens is 510 g/mol. The average molecular weight is 538 g/mol. The van der Waals surface area contributed by atoms with Crippen molar-refractivity contribution in [2.45, 2.75) is 20.8 Å². The summed E-state index contributed by atoms with van der Waals surface area (Å²) in [5.41, 5.74) is 0.143. The predicted octanol–water partition coefficient (Wildman–Crippen LogP) is 4.68. The van der Waals surface area contributed by atoms with E-state index in [1.165, 1.54) is 7.11 Å². The summed E-state index contributed by atoms with van der Waals surface area (Å²) in [6.07, 6.45) is 0. The lowest BCUT2D eigenvalue weighted by Gasteiger charge is -2.13. The fourth-order valence-corrected chi connectivity index (χ4v) is 4.71. The highest BCUT2D eigenvalue weighted by atomic mass is 32.1. The Morgan fingerprint density at radius 2 is 1.76 bits per heavy atom. The van der Waals surface area contributed by atoms with Crippen LogP contribution < -0.4 is 25.1 Å². The molecule has 0 saturated heterocycles. The molecule has 198 valence electrons. The van der Waals surface area contributed by atoms with E-state index in [1.54, 1.807) is 54.8 Å². The van der Waals surface area contributed by atoms with Crippen LogP contribution in [0.25, 0.3) is 16.5 Å². The highest BCUT2D eigenvalue weighted by molar-refractivity contribution is 7.16. The second-order valence-corrected chi connectivity index (χ2v) is 8.70. The van der Waals surface area contributed by atoms with Gasteiger partial charge >= 0.3 is 5.97 Å². The van der Waals surface area contributed by atoms with Crippen molar-refractivity contribution in [3.8, 4) is 22.9 Å². The van der Waals surface area contributed by atoms with Gasteiger partial charge in [-0.1, -0.05) is 6.07 Å². The number of anilines is 1. The number of carbonyl (C=O) groups is 2. The number of aromatic nitrogens is 2. The molecule has 38 heavy (non-hydrogen) atoms. The van der Waals surface area contributed by atoms with E-state index >= 15 is 0 Å². The van der Waals surface area contributed by atoms with Gasteiger partial charge in [-0.3, -0.25) is 9.59 Å². The maximum atomic E-state index is 13.6.